The first-order valence-electron chi connectivity index (χ1n) is 15.1. The zero-order valence-electron chi connectivity index (χ0n) is 26.3. The molecule has 2 aromatic heterocycles. The molecule has 0 saturated carbocycles. The summed E-state index contributed by atoms with van der Waals surface area (Å²) in [6.45, 7) is 12.4. The van der Waals surface area contributed by atoms with Gasteiger partial charge in [-0.05, 0) is 31.2 Å². The third kappa shape index (κ3) is 7.43. The lowest BCUT2D eigenvalue weighted by Crippen LogP contribution is -2.48. The third-order valence-corrected chi connectivity index (χ3v) is 9.10. The Morgan fingerprint density at radius 3 is 2.48 bits per heavy atom. The largest absolute Gasteiger partial charge is 0.459 e. The van der Waals surface area contributed by atoms with Crippen LogP contribution in [0.4, 0.5) is 5.82 Å². The zero-order valence-corrected chi connectivity index (χ0v) is 27.2. The molecule has 0 bridgehead atoms. The van der Waals surface area contributed by atoms with Crippen LogP contribution in [-0.4, -0.2) is 82.4 Å². The lowest BCUT2D eigenvalue weighted by molar-refractivity contribution is -0.173. The second-order valence-electron chi connectivity index (χ2n) is 10.9. The van der Waals surface area contributed by atoms with Gasteiger partial charge in [-0.25, -0.2) is 20.6 Å². The fourth-order valence-corrected chi connectivity index (χ4v) is 6.41. The van der Waals surface area contributed by atoms with Crippen LogP contribution in [0.2, 0.25) is 0 Å². The molecule has 0 unspecified atom stereocenters. The van der Waals surface area contributed by atoms with Gasteiger partial charge in [0.15, 0.2) is 18.5 Å². The number of nitrogens with one attached hydrogen (secondary N) is 1. The highest BCUT2D eigenvalue weighted by Gasteiger charge is 2.67. The maximum Gasteiger partial charge on any atom is 0.459 e. The number of ether oxygens (including phenoxy) is 5. The van der Waals surface area contributed by atoms with E-state index in [0.717, 1.165) is 0 Å². The minimum Gasteiger partial charge on any atom is -0.456 e. The van der Waals surface area contributed by atoms with Gasteiger partial charge in [0.05, 0.1) is 18.9 Å². The molecule has 0 aliphatic carbocycles. The Morgan fingerprint density at radius 2 is 1.83 bits per heavy atom. The second kappa shape index (κ2) is 14.7. The van der Waals surface area contributed by atoms with Crippen LogP contribution >= 0.6 is 7.75 Å². The topological polar surface area (TPSA) is 205 Å². The summed E-state index contributed by atoms with van der Waals surface area (Å²) in [6.07, 6.45) is -3.61. The van der Waals surface area contributed by atoms with Crippen molar-refractivity contribution in [1.29, 1.82) is 0 Å². The van der Waals surface area contributed by atoms with E-state index in [1.54, 1.807) is 44.2 Å². The summed E-state index contributed by atoms with van der Waals surface area (Å²) < 4.78 is 55.5. The maximum atomic E-state index is 14.3. The first kappa shape index (κ1) is 34.7. The number of nitrogen functional groups attached to an aromatic ring is 1. The van der Waals surface area contributed by atoms with Gasteiger partial charge in [-0.3, -0.25) is 28.5 Å². The van der Waals surface area contributed by atoms with E-state index in [1.165, 1.54) is 29.9 Å². The number of hydrogen-bond acceptors (Lipinski definition) is 14. The van der Waals surface area contributed by atoms with E-state index < -0.39 is 68.4 Å². The standard InChI is InChI=1S/C30H35N6O11P/c1-5-23(37)44-26-25(21-12-13-22-28(31)33-17-34-36(21)22)46-30(32-4,27(26)45-24(38)6-2)16-42-48(40,47-19-10-8-7-9-11-19)35-18(3)29(39)43-20-14-41-15-20/h7-13,17-18,20,25-27H,5-6,14-16H2,1-3H3,(H,35,40)(H2,31,33,34)/t18-,25-,26-,27-,30+,48+/m0/s1. The highest BCUT2D eigenvalue weighted by Crippen LogP contribution is 2.50. The van der Waals surface area contributed by atoms with Gasteiger partial charge in [0, 0.05) is 12.8 Å². The maximum absolute atomic E-state index is 14.3. The first-order valence-corrected chi connectivity index (χ1v) is 16.6. The molecule has 1 aromatic carbocycles. The van der Waals surface area contributed by atoms with Crippen molar-refractivity contribution >= 4 is 37.0 Å². The van der Waals surface area contributed by atoms with Gasteiger partial charge in [-0.15, -0.1) is 0 Å². The number of aromatic nitrogens is 3. The number of anilines is 1. The SMILES string of the molecule is [C-]#[N+][C@]1(CO[P@](=O)(N[C@@H](C)C(=O)OC2COC2)Oc2ccccc2)O[C@@H](c2ccc3c(N)ncnn23)[C@H](OC(=O)CC)[C@@H]1OC(=O)CC. The highest BCUT2D eigenvalue weighted by molar-refractivity contribution is 7.52. The predicted octanol–water partition coefficient (Wildman–Crippen LogP) is 2.77. The van der Waals surface area contributed by atoms with Crippen LogP contribution in [0.1, 0.15) is 45.4 Å². The van der Waals surface area contributed by atoms with Gasteiger partial charge in [-0.1, -0.05) is 32.0 Å². The van der Waals surface area contributed by atoms with Gasteiger partial charge in [0.25, 0.3) is 0 Å². The van der Waals surface area contributed by atoms with Crippen LogP contribution in [0, 0.1) is 6.57 Å². The van der Waals surface area contributed by atoms with Crippen molar-refractivity contribution in [1.82, 2.24) is 19.7 Å². The molecule has 2 aliphatic rings. The monoisotopic (exact) mass is 686 g/mol. The molecule has 0 radical (unpaired) electrons. The minimum absolute atomic E-state index is 0.0474. The van der Waals surface area contributed by atoms with Crippen molar-refractivity contribution in [3.05, 3.63) is 65.9 Å². The summed E-state index contributed by atoms with van der Waals surface area (Å²) in [5, 5.41) is 6.79. The van der Waals surface area contributed by atoms with E-state index in [-0.39, 0.29) is 43.3 Å². The average molecular weight is 687 g/mol. The number of benzene rings is 1. The van der Waals surface area contributed by atoms with Crippen LogP contribution in [0.15, 0.2) is 48.8 Å². The van der Waals surface area contributed by atoms with Crippen LogP contribution < -0.4 is 15.3 Å². The summed E-state index contributed by atoms with van der Waals surface area (Å²) >= 11 is 0. The number of carbonyl (C=O) groups is 3. The van der Waals surface area contributed by atoms with Crippen LogP contribution in [0.25, 0.3) is 10.4 Å². The van der Waals surface area contributed by atoms with Gasteiger partial charge in [0.2, 0.25) is 6.10 Å². The van der Waals surface area contributed by atoms with Gasteiger partial charge in [0.1, 0.15) is 35.8 Å². The smallest absolute Gasteiger partial charge is 0.456 e. The van der Waals surface area contributed by atoms with E-state index in [2.05, 4.69) is 20.0 Å². The number of esters is 3. The molecule has 3 aromatic rings. The van der Waals surface area contributed by atoms with Gasteiger partial charge in [-0.2, -0.15) is 10.2 Å². The first-order chi connectivity index (χ1) is 23.0. The van der Waals surface area contributed by atoms with E-state index in [0.29, 0.717) is 5.52 Å². The van der Waals surface area contributed by atoms with E-state index in [9.17, 15) is 18.9 Å². The molecule has 6 atom stereocenters. The molecule has 18 heteroatoms. The molecule has 0 spiro atoms. The molecular formula is C30H35N6O11P. The molecule has 4 heterocycles. The quantitative estimate of drug-likeness (QED) is 0.108. The molecule has 3 N–H and O–H groups in total. The molecule has 256 valence electrons. The molecule has 17 nitrogen and oxygen atoms in total. The normalized spacial score (nSPS) is 24.1. The van der Waals surface area contributed by atoms with Crippen molar-refractivity contribution in [3.8, 4) is 5.75 Å². The number of para-hydroxylation sites is 1. The summed E-state index contributed by atoms with van der Waals surface area (Å²) in [5.41, 5.74) is 4.46. The molecule has 0 amide bonds. The second-order valence-corrected chi connectivity index (χ2v) is 12.6. The van der Waals surface area contributed by atoms with Crippen LogP contribution in [-0.2, 0) is 47.2 Å². The summed E-state index contributed by atoms with van der Waals surface area (Å²) in [5.74, 6) is -1.90. The fraction of sp³-hybridized carbons (Fsp3) is 0.467. The van der Waals surface area contributed by atoms with Crippen molar-refractivity contribution in [2.75, 3.05) is 25.6 Å². The molecule has 2 saturated heterocycles. The Morgan fingerprint density at radius 1 is 1.12 bits per heavy atom. The van der Waals surface area contributed by atoms with Crippen LogP contribution in [0.5, 0.6) is 5.75 Å². The zero-order chi connectivity index (χ0) is 34.5. The van der Waals surface area contributed by atoms with Crippen molar-refractivity contribution in [2.24, 2.45) is 0 Å². The third-order valence-electron chi connectivity index (χ3n) is 7.47. The Hall–Kier alpha value is -4.59. The summed E-state index contributed by atoms with van der Waals surface area (Å²) in [7, 11) is -4.54. The molecule has 2 fully saturated rings. The number of nitrogens with zero attached hydrogens (tertiary/aromatic N) is 4. The lowest BCUT2D eigenvalue weighted by Gasteiger charge is -2.29. The summed E-state index contributed by atoms with van der Waals surface area (Å²) in [6, 6.07) is 9.98. The van der Waals surface area contributed by atoms with Gasteiger partial charge < -0.3 is 29.2 Å². The van der Waals surface area contributed by atoms with E-state index in [4.69, 9.17) is 45.0 Å². The van der Waals surface area contributed by atoms with Crippen molar-refractivity contribution < 1.29 is 51.7 Å². The number of fused-ring (bicyclic) bond motifs is 1. The Kier molecular flexibility index (Phi) is 10.6. The number of hydrogen-bond donors (Lipinski definition) is 2. The van der Waals surface area contributed by atoms with Crippen molar-refractivity contribution in [3.63, 3.8) is 0 Å². The summed E-state index contributed by atoms with van der Waals surface area (Å²) in [4.78, 5) is 45.9. The predicted molar refractivity (Wildman–Crippen MR) is 165 cm³/mol. The highest BCUT2D eigenvalue weighted by atomic mass is 31.2. The minimum atomic E-state index is -4.54. The Labute approximate surface area is 275 Å². The molecule has 48 heavy (non-hydrogen) atoms. The Balaban J connectivity index is 1.51. The molecular weight excluding hydrogens is 651 g/mol. The lowest BCUT2D eigenvalue weighted by atomic mass is 10.0. The van der Waals surface area contributed by atoms with Crippen LogP contribution in [0.3, 0.4) is 0 Å². The Bertz CT molecular complexity index is 1730. The number of carbonyl (C=O) groups excluding carboxylic acids is 3. The fourth-order valence-electron chi connectivity index (χ4n) is 4.89. The van der Waals surface area contributed by atoms with Crippen molar-refractivity contribution in [2.45, 2.75) is 69.8 Å². The van der Waals surface area contributed by atoms with Gasteiger partial charge >= 0.3 is 31.4 Å². The molecule has 5 rings (SSSR count). The van der Waals surface area contributed by atoms with E-state index in [1.807, 2.05) is 0 Å². The van der Waals surface area contributed by atoms with E-state index >= 15 is 0 Å². The average Bonchev–Trinajstić information content (AvgIpc) is 3.62. The molecule has 2 aliphatic heterocycles. The number of rotatable bonds is 14. The number of nitrogens with two attached hydrogens (primary N) is 1.